The van der Waals surface area contributed by atoms with Crippen molar-refractivity contribution in [1.82, 2.24) is 15.5 Å². The lowest BCUT2D eigenvalue weighted by atomic mass is 10.0. The maximum Gasteiger partial charge on any atom is 0.272 e. The average molecular weight is 425 g/mol. The third-order valence-electron chi connectivity index (χ3n) is 5.89. The Balaban J connectivity index is 1.35. The van der Waals surface area contributed by atoms with Crippen LogP contribution in [0.4, 0.5) is 5.69 Å². The van der Waals surface area contributed by atoms with Crippen LogP contribution >= 0.6 is 11.6 Å². The number of aromatic nitrogens is 2. The molecule has 0 amide bonds. The Labute approximate surface area is 182 Å². The Morgan fingerprint density at radius 2 is 1.77 bits per heavy atom. The van der Waals surface area contributed by atoms with Crippen molar-refractivity contribution < 1.29 is 0 Å². The number of hydrogen-bond acceptors (Lipinski definition) is 4. The van der Waals surface area contributed by atoms with E-state index in [-0.39, 0.29) is 5.56 Å². The summed E-state index contributed by atoms with van der Waals surface area (Å²) in [7, 11) is 0. The van der Waals surface area contributed by atoms with Crippen LogP contribution < -0.4 is 16.2 Å². The molecule has 4 rings (SSSR count). The first kappa shape index (κ1) is 20.9. The molecule has 1 aliphatic carbocycles. The molecule has 3 aromatic rings. The number of halogens is 1. The average Bonchev–Trinajstić information content (AvgIpc) is 3.28. The first-order chi connectivity index (χ1) is 14.7. The van der Waals surface area contributed by atoms with Crippen LogP contribution in [0.5, 0.6) is 0 Å². The monoisotopic (exact) mass is 424 g/mol. The van der Waals surface area contributed by atoms with Crippen molar-refractivity contribution in [3.05, 3.63) is 57.8 Å². The zero-order valence-electron chi connectivity index (χ0n) is 17.2. The van der Waals surface area contributed by atoms with Crippen molar-refractivity contribution in [3.8, 4) is 11.3 Å². The van der Waals surface area contributed by atoms with E-state index in [2.05, 4.69) is 20.8 Å². The van der Waals surface area contributed by atoms with Crippen LogP contribution in [0.15, 0.2) is 47.3 Å². The highest BCUT2D eigenvalue weighted by Crippen LogP contribution is 2.30. The zero-order valence-corrected chi connectivity index (χ0v) is 18.0. The molecule has 1 aromatic heterocycles. The topological polar surface area (TPSA) is 69.8 Å². The first-order valence-electron chi connectivity index (χ1n) is 11.0. The fraction of sp³-hybridized carbons (Fsp3) is 0.417. The van der Waals surface area contributed by atoms with Crippen LogP contribution in [0.3, 0.4) is 0 Å². The number of fused-ring (bicyclic) bond motifs is 1. The van der Waals surface area contributed by atoms with Gasteiger partial charge in [0.25, 0.3) is 5.56 Å². The lowest BCUT2D eigenvalue weighted by molar-refractivity contribution is 0.505. The van der Waals surface area contributed by atoms with E-state index >= 15 is 0 Å². The van der Waals surface area contributed by atoms with E-state index in [0.29, 0.717) is 10.4 Å². The molecular formula is C24H29ClN4O. The predicted molar refractivity (Wildman–Crippen MR) is 125 cm³/mol. The summed E-state index contributed by atoms with van der Waals surface area (Å²) in [5.41, 5.74) is 2.40. The molecular weight excluding hydrogens is 396 g/mol. The molecule has 0 aliphatic heterocycles. The van der Waals surface area contributed by atoms with Crippen LogP contribution in [-0.4, -0.2) is 29.3 Å². The summed E-state index contributed by atoms with van der Waals surface area (Å²) in [4.78, 5) is 12.1. The van der Waals surface area contributed by atoms with Crippen molar-refractivity contribution in [2.75, 3.05) is 18.4 Å². The number of H-pyrrole nitrogens is 1. The number of nitrogens with zero attached hydrogens (tertiary/aromatic N) is 1. The molecule has 0 saturated heterocycles. The van der Waals surface area contributed by atoms with Gasteiger partial charge in [-0.15, -0.1) is 0 Å². The minimum absolute atomic E-state index is 0.177. The van der Waals surface area contributed by atoms with Crippen molar-refractivity contribution in [3.63, 3.8) is 0 Å². The van der Waals surface area contributed by atoms with E-state index in [1.165, 1.54) is 38.5 Å². The SMILES string of the molecule is O=c1[nH]nc(-c2ccc(Cl)c(NCCCCCNC3CCCC3)c2)c2ccccc12. The summed E-state index contributed by atoms with van der Waals surface area (Å²) < 4.78 is 0. The van der Waals surface area contributed by atoms with Crippen LogP contribution in [0, 0.1) is 0 Å². The number of rotatable bonds is 9. The van der Waals surface area contributed by atoms with Gasteiger partial charge < -0.3 is 10.6 Å². The summed E-state index contributed by atoms with van der Waals surface area (Å²) in [6.07, 6.45) is 8.95. The van der Waals surface area contributed by atoms with E-state index in [1.807, 2.05) is 42.5 Å². The number of benzene rings is 2. The molecule has 158 valence electrons. The molecule has 1 heterocycles. The largest absolute Gasteiger partial charge is 0.384 e. The van der Waals surface area contributed by atoms with Gasteiger partial charge in [0.2, 0.25) is 0 Å². The Morgan fingerprint density at radius 1 is 1.00 bits per heavy atom. The molecule has 2 aromatic carbocycles. The van der Waals surface area contributed by atoms with Crippen LogP contribution in [-0.2, 0) is 0 Å². The van der Waals surface area contributed by atoms with Gasteiger partial charge in [0.15, 0.2) is 0 Å². The van der Waals surface area contributed by atoms with Gasteiger partial charge in [0.05, 0.1) is 21.8 Å². The van der Waals surface area contributed by atoms with Gasteiger partial charge in [-0.2, -0.15) is 5.10 Å². The second-order valence-corrected chi connectivity index (χ2v) is 8.47. The smallest absolute Gasteiger partial charge is 0.272 e. The molecule has 30 heavy (non-hydrogen) atoms. The van der Waals surface area contributed by atoms with Gasteiger partial charge in [0.1, 0.15) is 0 Å². The Hall–Kier alpha value is -2.37. The van der Waals surface area contributed by atoms with Crippen molar-refractivity contribution >= 4 is 28.1 Å². The predicted octanol–water partition coefficient (Wildman–Crippen LogP) is 5.36. The molecule has 0 radical (unpaired) electrons. The van der Waals surface area contributed by atoms with Crippen molar-refractivity contribution in [2.24, 2.45) is 0 Å². The molecule has 0 bridgehead atoms. The highest BCUT2D eigenvalue weighted by Gasteiger charge is 2.13. The lowest BCUT2D eigenvalue weighted by Crippen LogP contribution is -2.26. The number of hydrogen-bond donors (Lipinski definition) is 3. The standard InChI is InChI=1S/C24H29ClN4O/c25-21-13-12-17(23-19-10-4-5-11-20(19)24(30)29-28-23)16-22(21)27-15-7-1-6-14-26-18-8-2-3-9-18/h4-5,10-13,16,18,26-27H,1-3,6-9,14-15H2,(H,29,30). The molecule has 1 aliphatic rings. The summed E-state index contributed by atoms with van der Waals surface area (Å²) in [6, 6.07) is 14.1. The molecule has 6 heteroatoms. The second kappa shape index (κ2) is 10.1. The Bertz CT molecular complexity index is 1040. The van der Waals surface area contributed by atoms with Gasteiger partial charge in [-0.05, 0) is 50.4 Å². The number of aromatic amines is 1. The van der Waals surface area contributed by atoms with E-state index in [0.717, 1.165) is 47.9 Å². The highest BCUT2D eigenvalue weighted by atomic mass is 35.5. The maximum atomic E-state index is 12.1. The minimum Gasteiger partial charge on any atom is -0.384 e. The first-order valence-corrected chi connectivity index (χ1v) is 11.3. The lowest BCUT2D eigenvalue weighted by Gasteiger charge is -2.13. The number of unbranched alkanes of at least 4 members (excludes halogenated alkanes) is 2. The zero-order chi connectivity index (χ0) is 20.8. The molecule has 5 nitrogen and oxygen atoms in total. The van der Waals surface area contributed by atoms with Crippen molar-refractivity contribution in [1.29, 1.82) is 0 Å². The number of nitrogens with one attached hydrogen (secondary N) is 3. The summed E-state index contributed by atoms with van der Waals surface area (Å²) in [5, 5.41) is 16.2. The fourth-order valence-corrected chi connectivity index (χ4v) is 4.41. The minimum atomic E-state index is -0.177. The van der Waals surface area contributed by atoms with E-state index in [4.69, 9.17) is 11.6 Å². The van der Waals surface area contributed by atoms with E-state index < -0.39 is 0 Å². The van der Waals surface area contributed by atoms with Gasteiger partial charge in [-0.25, -0.2) is 5.10 Å². The number of anilines is 1. The summed E-state index contributed by atoms with van der Waals surface area (Å²) in [6.45, 7) is 2.00. The molecule has 0 atom stereocenters. The quantitative estimate of drug-likeness (QED) is 0.404. The third-order valence-corrected chi connectivity index (χ3v) is 6.22. The van der Waals surface area contributed by atoms with Gasteiger partial charge in [-0.3, -0.25) is 4.79 Å². The van der Waals surface area contributed by atoms with Gasteiger partial charge in [-0.1, -0.05) is 55.1 Å². The highest BCUT2D eigenvalue weighted by molar-refractivity contribution is 6.33. The van der Waals surface area contributed by atoms with E-state index in [1.54, 1.807) is 0 Å². The molecule has 0 unspecified atom stereocenters. The summed E-state index contributed by atoms with van der Waals surface area (Å²) >= 11 is 6.41. The van der Waals surface area contributed by atoms with Gasteiger partial charge in [0, 0.05) is 23.5 Å². The normalized spacial score (nSPS) is 14.4. The van der Waals surface area contributed by atoms with Crippen LogP contribution in [0.1, 0.15) is 44.9 Å². The van der Waals surface area contributed by atoms with Crippen LogP contribution in [0.25, 0.3) is 22.0 Å². The summed E-state index contributed by atoms with van der Waals surface area (Å²) in [5.74, 6) is 0. The second-order valence-electron chi connectivity index (χ2n) is 8.06. The fourth-order valence-electron chi connectivity index (χ4n) is 4.23. The maximum absolute atomic E-state index is 12.1. The third kappa shape index (κ3) is 5.02. The van der Waals surface area contributed by atoms with Gasteiger partial charge >= 0.3 is 0 Å². The molecule has 3 N–H and O–H groups in total. The Kier molecular flexibility index (Phi) is 7.03. The molecule has 1 fully saturated rings. The van der Waals surface area contributed by atoms with Crippen molar-refractivity contribution in [2.45, 2.75) is 51.0 Å². The molecule has 0 spiro atoms. The molecule has 1 saturated carbocycles. The van der Waals surface area contributed by atoms with E-state index in [9.17, 15) is 4.79 Å². The van der Waals surface area contributed by atoms with Crippen LogP contribution in [0.2, 0.25) is 5.02 Å². The Morgan fingerprint density at radius 3 is 2.60 bits per heavy atom.